The molecule has 0 fully saturated rings. The minimum absolute atomic E-state index is 0.105. The predicted molar refractivity (Wildman–Crippen MR) is 72.8 cm³/mol. The van der Waals surface area contributed by atoms with Crippen LogP contribution in [0.15, 0.2) is 42.5 Å². The molecule has 0 bridgehead atoms. The highest BCUT2D eigenvalue weighted by molar-refractivity contribution is 6.30. The van der Waals surface area contributed by atoms with Gasteiger partial charge in [0, 0.05) is 23.6 Å². The Morgan fingerprint density at radius 3 is 2.68 bits per heavy atom. The highest BCUT2D eigenvalue weighted by atomic mass is 35.5. The van der Waals surface area contributed by atoms with E-state index in [0.29, 0.717) is 17.7 Å². The van der Waals surface area contributed by atoms with Crippen molar-refractivity contribution >= 4 is 11.6 Å². The molecule has 2 nitrogen and oxygen atoms in total. The van der Waals surface area contributed by atoms with Crippen LogP contribution in [0.25, 0.3) is 0 Å². The number of nitrogens with two attached hydrogens (primary N) is 1. The third kappa shape index (κ3) is 2.20. The summed E-state index contributed by atoms with van der Waals surface area (Å²) in [5.41, 5.74) is 7.54. The zero-order chi connectivity index (χ0) is 13.4. The molecule has 2 aromatic carbocycles. The molecule has 0 saturated carbocycles. The van der Waals surface area contributed by atoms with E-state index in [1.165, 1.54) is 6.07 Å². The van der Waals surface area contributed by atoms with Gasteiger partial charge in [0.2, 0.25) is 0 Å². The number of hydrogen-bond donors (Lipinski definition) is 1. The summed E-state index contributed by atoms with van der Waals surface area (Å²) in [4.78, 5) is 0. The minimum Gasteiger partial charge on any atom is -0.485 e. The third-order valence-corrected chi connectivity index (χ3v) is 3.68. The lowest BCUT2D eigenvalue weighted by Crippen LogP contribution is -2.24. The Labute approximate surface area is 115 Å². The van der Waals surface area contributed by atoms with E-state index in [-0.39, 0.29) is 11.1 Å². The van der Waals surface area contributed by atoms with E-state index in [1.54, 1.807) is 12.1 Å². The molecule has 0 aliphatic carbocycles. The van der Waals surface area contributed by atoms with E-state index >= 15 is 0 Å². The Balaban J connectivity index is 1.99. The molecule has 1 aliphatic heterocycles. The monoisotopic (exact) mass is 277 g/mol. The number of rotatable bonds is 1. The molecule has 1 aliphatic rings. The van der Waals surface area contributed by atoms with Crippen LogP contribution in [0.1, 0.15) is 29.7 Å². The summed E-state index contributed by atoms with van der Waals surface area (Å²) >= 11 is 5.81. The molecule has 98 valence electrons. The highest BCUT2D eigenvalue weighted by Gasteiger charge is 2.28. The second kappa shape index (κ2) is 4.83. The maximum atomic E-state index is 14.0. The van der Waals surface area contributed by atoms with Gasteiger partial charge in [-0.1, -0.05) is 41.9 Å². The van der Waals surface area contributed by atoms with Gasteiger partial charge in [0.05, 0.1) is 5.02 Å². The number of halogens is 2. The van der Waals surface area contributed by atoms with Crippen molar-refractivity contribution in [2.45, 2.75) is 18.6 Å². The predicted octanol–water partition coefficient (Wildman–Crippen LogP) is 4.00. The first-order chi connectivity index (χ1) is 9.16. The molecule has 2 N–H and O–H groups in total. The molecule has 1 heterocycles. The number of hydrogen-bond acceptors (Lipinski definition) is 2. The van der Waals surface area contributed by atoms with Crippen molar-refractivity contribution in [1.29, 1.82) is 0 Å². The summed E-state index contributed by atoms with van der Waals surface area (Å²) in [6.45, 7) is 0. The molecule has 19 heavy (non-hydrogen) atoms. The lowest BCUT2D eigenvalue weighted by molar-refractivity contribution is 0.157. The van der Waals surface area contributed by atoms with Crippen molar-refractivity contribution in [2.24, 2.45) is 5.73 Å². The van der Waals surface area contributed by atoms with Gasteiger partial charge in [-0.2, -0.15) is 0 Å². The van der Waals surface area contributed by atoms with E-state index in [1.807, 2.05) is 24.3 Å². The van der Waals surface area contributed by atoms with Crippen molar-refractivity contribution in [3.05, 3.63) is 64.4 Å². The largest absolute Gasteiger partial charge is 0.485 e. The van der Waals surface area contributed by atoms with Gasteiger partial charge >= 0.3 is 0 Å². The minimum atomic E-state index is -0.430. The van der Waals surface area contributed by atoms with Crippen LogP contribution < -0.4 is 10.5 Å². The average Bonchev–Trinajstić information content (AvgIpc) is 2.42. The Kier molecular flexibility index (Phi) is 3.17. The highest BCUT2D eigenvalue weighted by Crippen LogP contribution is 2.40. The molecule has 1 unspecified atom stereocenters. The summed E-state index contributed by atoms with van der Waals surface area (Å²) in [6.07, 6.45) is 0.137. The summed E-state index contributed by atoms with van der Waals surface area (Å²) in [5, 5.41) is 0.105. The van der Waals surface area contributed by atoms with Gasteiger partial charge in [-0.15, -0.1) is 0 Å². The molecule has 0 amide bonds. The van der Waals surface area contributed by atoms with Crippen LogP contribution in [0, 0.1) is 5.82 Å². The Morgan fingerprint density at radius 1 is 1.11 bits per heavy atom. The Hall–Kier alpha value is -1.58. The Bertz CT molecular complexity index is 617. The molecular weight excluding hydrogens is 265 g/mol. The molecule has 3 rings (SSSR count). The van der Waals surface area contributed by atoms with E-state index < -0.39 is 11.9 Å². The fraction of sp³-hybridized carbons (Fsp3) is 0.200. The smallest absolute Gasteiger partial charge is 0.148 e. The van der Waals surface area contributed by atoms with Crippen molar-refractivity contribution in [3.8, 4) is 5.75 Å². The standard InChI is InChI=1S/C15H13ClFNO/c16-11-6-3-5-10(15(11)17)14-8-12(18)9-4-1-2-7-13(9)19-14/h1-7,12,14H,8,18H2/t12-,14?/m0/s1. The molecule has 0 aromatic heterocycles. The molecule has 0 radical (unpaired) electrons. The summed E-state index contributed by atoms with van der Waals surface area (Å²) in [5.74, 6) is 0.284. The Morgan fingerprint density at radius 2 is 1.84 bits per heavy atom. The summed E-state index contributed by atoms with van der Waals surface area (Å²) < 4.78 is 19.9. The lowest BCUT2D eigenvalue weighted by Gasteiger charge is -2.30. The van der Waals surface area contributed by atoms with Crippen LogP contribution in [0.3, 0.4) is 0 Å². The first-order valence-corrected chi connectivity index (χ1v) is 6.49. The molecule has 0 saturated heterocycles. The second-order valence-corrected chi connectivity index (χ2v) is 5.04. The molecule has 4 heteroatoms. The van der Waals surface area contributed by atoms with Crippen LogP contribution in [0.2, 0.25) is 5.02 Å². The third-order valence-electron chi connectivity index (χ3n) is 3.38. The van der Waals surface area contributed by atoms with Crippen LogP contribution in [-0.4, -0.2) is 0 Å². The van der Waals surface area contributed by atoms with E-state index in [2.05, 4.69) is 0 Å². The van der Waals surface area contributed by atoms with Gasteiger partial charge in [-0.25, -0.2) is 4.39 Å². The van der Waals surface area contributed by atoms with E-state index in [9.17, 15) is 4.39 Å². The summed E-state index contributed by atoms with van der Waals surface area (Å²) in [7, 11) is 0. The van der Waals surface area contributed by atoms with Crippen molar-refractivity contribution in [2.75, 3.05) is 0 Å². The summed E-state index contributed by atoms with van der Waals surface area (Å²) in [6, 6.07) is 12.4. The lowest BCUT2D eigenvalue weighted by atomic mass is 9.93. The molecular formula is C15H13ClFNO. The number of para-hydroxylation sites is 1. The van der Waals surface area contributed by atoms with Gasteiger partial charge in [0.1, 0.15) is 17.7 Å². The molecule has 2 atom stereocenters. The number of fused-ring (bicyclic) bond motifs is 1. The van der Waals surface area contributed by atoms with E-state index in [4.69, 9.17) is 22.1 Å². The van der Waals surface area contributed by atoms with Crippen molar-refractivity contribution in [3.63, 3.8) is 0 Å². The number of ether oxygens (including phenoxy) is 1. The quantitative estimate of drug-likeness (QED) is 0.855. The first-order valence-electron chi connectivity index (χ1n) is 6.12. The van der Waals surface area contributed by atoms with Gasteiger partial charge in [0.15, 0.2) is 0 Å². The molecule has 0 spiro atoms. The van der Waals surface area contributed by atoms with Crippen LogP contribution in [0.5, 0.6) is 5.75 Å². The van der Waals surface area contributed by atoms with E-state index in [0.717, 1.165) is 5.56 Å². The van der Waals surface area contributed by atoms with Crippen molar-refractivity contribution < 1.29 is 9.13 Å². The average molecular weight is 278 g/mol. The fourth-order valence-electron chi connectivity index (χ4n) is 2.41. The maximum absolute atomic E-state index is 14.0. The van der Waals surface area contributed by atoms with Gasteiger partial charge in [-0.05, 0) is 12.1 Å². The second-order valence-electron chi connectivity index (χ2n) is 4.63. The SMILES string of the molecule is N[C@H]1CC(c2cccc(Cl)c2F)Oc2ccccc21. The van der Waals surface area contributed by atoms with Gasteiger partial charge < -0.3 is 10.5 Å². The topological polar surface area (TPSA) is 35.2 Å². The van der Waals surface area contributed by atoms with Crippen molar-refractivity contribution in [1.82, 2.24) is 0 Å². The first kappa shape index (κ1) is 12.5. The fourth-order valence-corrected chi connectivity index (χ4v) is 2.59. The number of benzene rings is 2. The van der Waals surface area contributed by atoms with Crippen LogP contribution in [-0.2, 0) is 0 Å². The maximum Gasteiger partial charge on any atom is 0.148 e. The van der Waals surface area contributed by atoms with Crippen LogP contribution in [0.4, 0.5) is 4.39 Å². The zero-order valence-electron chi connectivity index (χ0n) is 10.1. The zero-order valence-corrected chi connectivity index (χ0v) is 10.9. The van der Waals surface area contributed by atoms with Gasteiger partial charge in [0.25, 0.3) is 0 Å². The normalized spacial score (nSPS) is 21.6. The van der Waals surface area contributed by atoms with Gasteiger partial charge in [-0.3, -0.25) is 0 Å². The molecule has 2 aromatic rings. The van der Waals surface area contributed by atoms with Crippen LogP contribution >= 0.6 is 11.6 Å².